The molecule has 0 aromatic heterocycles. The number of allylic oxidation sites excluding steroid dienone is 3. The standard InChI is InChI=1S/C34H54O2/c1-22(2)31(7)18-17-30(6)19-20-33(9)25-11-12-26-29(4,5)28(36-23(3)35)14-15-32(26,8)24(25)13-16-34(33,10)27(30)21-31/h26-28H,1,11-21H2,2-10H3/t26?,27-,28+,30-,31-,32-,33-,34+/m1/s1. The summed E-state index contributed by atoms with van der Waals surface area (Å²) in [4.78, 5) is 11.9. The molecule has 202 valence electrons. The fourth-order valence-electron chi connectivity index (χ4n) is 11.1. The van der Waals surface area contributed by atoms with Gasteiger partial charge in [0.15, 0.2) is 0 Å². The number of fused-ring (bicyclic) bond motifs is 6. The Labute approximate surface area is 222 Å². The van der Waals surface area contributed by atoms with Gasteiger partial charge in [0.1, 0.15) is 6.10 Å². The van der Waals surface area contributed by atoms with Gasteiger partial charge in [0.25, 0.3) is 0 Å². The number of rotatable bonds is 2. The lowest BCUT2D eigenvalue weighted by Crippen LogP contribution is -2.61. The molecule has 0 aliphatic heterocycles. The number of ether oxygens (including phenoxy) is 1. The van der Waals surface area contributed by atoms with E-state index in [1.807, 2.05) is 11.1 Å². The van der Waals surface area contributed by atoms with Crippen LogP contribution in [0.3, 0.4) is 0 Å². The van der Waals surface area contributed by atoms with Gasteiger partial charge < -0.3 is 4.74 Å². The molecule has 0 N–H and O–H groups in total. The summed E-state index contributed by atoms with van der Waals surface area (Å²) in [7, 11) is 0. The number of hydrogen-bond donors (Lipinski definition) is 0. The average Bonchev–Trinajstić information content (AvgIpc) is 2.78. The fourth-order valence-corrected chi connectivity index (χ4v) is 11.1. The quantitative estimate of drug-likeness (QED) is 0.282. The lowest BCUT2D eigenvalue weighted by atomic mass is 9.35. The van der Waals surface area contributed by atoms with Crippen LogP contribution in [0.4, 0.5) is 0 Å². The minimum absolute atomic E-state index is 0.0245. The van der Waals surface area contributed by atoms with Gasteiger partial charge in [0.2, 0.25) is 0 Å². The predicted molar refractivity (Wildman–Crippen MR) is 149 cm³/mol. The van der Waals surface area contributed by atoms with Crippen molar-refractivity contribution in [1.29, 1.82) is 0 Å². The molecule has 0 aromatic rings. The second-order valence-electron chi connectivity index (χ2n) is 15.9. The highest BCUT2D eigenvalue weighted by atomic mass is 16.5. The second kappa shape index (κ2) is 7.98. The number of esters is 1. The Morgan fingerprint density at radius 3 is 2.11 bits per heavy atom. The fraction of sp³-hybridized carbons (Fsp3) is 0.853. The summed E-state index contributed by atoms with van der Waals surface area (Å²) in [5, 5.41) is 0. The first kappa shape index (κ1) is 26.6. The van der Waals surface area contributed by atoms with E-state index in [1.54, 1.807) is 6.92 Å². The highest BCUT2D eigenvalue weighted by Crippen LogP contribution is 2.75. The second-order valence-corrected chi connectivity index (χ2v) is 15.9. The Morgan fingerprint density at radius 1 is 0.806 bits per heavy atom. The smallest absolute Gasteiger partial charge is 0.302 e. The van der Waals surface area contributed by atoms with Gasteiger partial charge in [-0.1, -0.05) is 71.8 Å². The van der Waals surface area contributed by atoms with Crippen molar-refractivity contribution in [3.05, 3.63) is 23.3 Å². The van der Waals surface area contributed by atoms with E-state index >= 15 is 0 Å². The van der Waals surface area contributed by atoms with Crippen molar-refractivity contribution in [3.8, 4) is 0 Å². The summed E-state index contributed by atoms with van der Waals surface area (Å²) in [6.45, 7) is 26.2. The number of carbonyl (C=O) groups excluding carboxylic acids is 1. The summed E-state index contributed by atoms with van der Waals surface area (Å²) in [6.07, 6.45) is 14.1. The molecule has 3 fully saturated rings. The molecule has 0 heterocycles. The summed E-state index contributed by atoms with van der Waals surface area (Å²) in [5.41, 5.74) is 6.81. The molecule has 0 bridgehead atoms. The first-order valence-electron chi connectivity index (χ1n) is 15.1. The molecule has 5 aliphatic rings. The largest absolute Gasteiger partial charge is 0.462 e. The first-order valence-corrected chi connectivity index (χ1v) is 15.1. The molecule has 8 atom stereocenters. The Hall–Kier alpha value is -1.05. The van der Waals surface area contributed by atoms with Gasteiger partial charge >= 0.3 is 5.97 Å². The molecule has 1 unspecified atom stereocenters. The van der Waals surface area contributed by atoms with Crippen LogP contribution in [0.5, 0.6) is 0 Å². The third-order valence-corrected chi connectivity index (χ3v) is 14.0. The first-order chi connectivity index (χ1) is 16.5. The molecule has 5 aliphatic carbocycles. The molecule has 5 rings (SSSR count). The van der Waals surface area contributed by atoms with E-state index < -0.39 is 0 Å². The molecular weight excluding hydrogens is 440 g/mol. The number of hydrogen-bond acceptors (Lipinski definition) is 2. The van der Waals surface area contributed by atoms with Crippen LogP contribution < -0.4 is 0 Å². The molecule has 2 heteroatoms. The number of carbonyl (C=O) groups is 1. The lowest BCUT2D eigenvalue weighted by molar-refractivity contribution is -0.170. The summed E-state index contributed by atoms with van der Waals surface area (Å²) >= 11 is 0. The van der Waals surface area contributed by atoms with E-state index in [-0.39, 0.29) is 22.9 Å². The minimum Gasteiger partial charge on any atom is -0.462 e. The normalized spacial score (nSPS) is 49.8. The van der Waals surface area contributed by atoms with Crippen molar-refractivity contribution in [2.45, 2.75) is 139 Å². The van der Waals surface area contributed by atoms with E-state index in [0.717, 1.165) is 12.3 Å². The molecule has 0 radical (unpaired) electrons. The van der Waals surface area contributed by atoms with Crippen LogP contribution in [0.2, 0.25) is 0 Å². The van der Waals surface area contributed by atoms with Crippen molar-refractivity contribution in [1.82, 2.24) is 0 Å². The van der Waals surface area contributed by atoms with Crippen LogP contribution in [0.25, 0.3) is 0 Å². The summed E-state index contributed by atoms with van der Waals surface area (Å²) in [5.74, 6) is 1.24. The zero-order chi connectivity index (χ0) is 26.5. The van der Waals surface area contributed by atoms with E-state index in [2.05, 4.69) is 62.0 Å². The minimum atomic E-state index is -0.118. The Kier molecular flexibility index (Phi) is 5.89. The van der Waals surface area contributed by atoms with Gasteiger partial charge in [0.05, 0.1) is 0 Å². The van der Waals surface area contributed by atoms with E-state index in [4.69, 9.17) is 4.74 Å². The van der Waals surface area contributed by atoms with E-state index in [9.17, 15) is 4.79 Å². The van der Waals surface area contributed by atoms with Gasteiger partial charge in [-0.15, -0.1) is 0 Å². The molecule has 0 amide bonds. The molecule has 0 aromatic carbocycles. The molecule has 0 saturated heterocycles. The SMILES string of the molecule is C=C(C)[C@]1(C)CC[C@]2(C)CC[C@]3(C)C4=C(CC[C@@]3(C)[C@@H]2C1)[C@@]1(C)CC[C@H](OC(C)=O)C(C)(C)C1CC4. The van der Waals surface area contributed by atoms with Crippen molar-refractivity contribution >= 4 is 5.97 Å². The zero-order valence-corrected chi connectivity index (χ0v) is 25.0. The van der Waals surface area contributed by atoms with Crippen LogP contribution in [-0.2, 0) is 9.53 Å². The Bertz CT molecular complexity index is 1000. The van der Waals surface area contributed by atoms with Crippen molar-refractivity contribution in [3.63, 3.8) is 0 Å². The van der Waals surface area contributed by atoms with Crippen LogP contribution in [0, 0.1) is 44.3 Å². The van der Waals surface area contributed by atoms with Crippen LogP contribution >= 0.6 is 0 Å². The molecule has 36 heavy (non-hydrogen) atoms. The summed E-state index contributed by atoms with van der Waals surface area (Å²) < 4.78 is 5.91. The third-order valence-electron chi connectivity index (χ3n) is 14.0. The van der Waals surface area contributed by atoms with Crippen molar-refractivity contribution in [2.24, 2.45) is 44.3 Å². The average molecular weight is 495 g/mol. The van der Waals surface area contributed by atoms with E-state index in [1.165, 1.54) is 69.8 Å². The van der Waals surface area contributed by atoms with Gasteiger partial charge in [-0.05, 0) is 116 Å². The van der Waals surface area contributed by atoms with Gasteiger partial charge in [-0.25, -0.2) is 0 Å². The van der Waals surface area contributed by atoms with Gasteiger partial charge in [-0.3, -0.25) is 4.79 Å². The van der Waals surface area contributed by atoms with Crippen molar-refractivity contribution < 1.29 is 9.53 Å². The van der Waals surface area contributed by atoms with Crippen molar-refractivity contribution in [2.75, 3.05) is 0 Å². The summed E-state index contributed by atoms with van der Waals surface area (Å²) in [6, 6.07) is 0. The van der Waals surface area contributed by atoms with Crippen LogP contribution in [0.15, 0.2) is 23.3 Å². The predicted octanol–water partition coefficient (Wildman–Crippen LogP) is 9.44. The van der Waals surface area contributed by atoms with Crippen LogP contribution in [0.1, 0.15) is 133 Å². The Balaban J connectivity index is 1.54. The lowest BCUT2D eigenvalue weighted by Gasteiger charge is -2.70. The maximum atomic E-state index is 11.9. The molecule has 0 spiro atoms. The Morgan fingerprint density at radius 2 is 1.47 bits per heavy atom. The maximum absolute atomic E-state index is 11.9. The highest BCUT2D eigenvalue weighted by Gasteiger charge is 2.66. The van der Waals surface area contributed by atoms with Gasteiger partial charge in [0, 0.05) is 12.3 Å². The third kappa shape index (κ3) is 3.37. The molecular formula is C34H54O2. The van der Waals surface area contributed by atoms with Gasteiger partial charge in [-0.2, -0.15) is 0 Å². The monoisotopic (exact) mass is 494 g/mol. The zero-order valence-electron chi connectivity index (χ0n) is 25.0. The van der Waals surface area contributed by atoms with E-state index in [0.29, 0.717) is 27.6 Å². The van der Waals surface area contributed by atoms with Crippen LogP contribution in [-0.4, -0.2) is 12.1 Å². The maximum Gasteiger partial charge on any atom is 0.302 e. The molecule has 2 nitrogen and oxygen atoms in total. The topological polar surface area (TPSA) is 26.3 Å². The highest BCUT2D eigenvalue weighted by molar-refractivity contribution is 5.66. The molecule has 3 saturated carbocycles.